The zero-order valence-electron chi connectivity index (χ0n) is 14.7. The lowest BCUT2D eigenvalue weighted by molar-refractivity contribution is -0.385. The molecule has 2 rings (SSSR count). The van der Waals surface area contributed by atoms with Crippen molar-refractivity contribution in [3.05, 3.63) is 43.9 Å². The van der Waals surface area contributed by atoms with Gasteiger partial charge in [0, 0.05) is 12.1 Å². The van der Waals surface area contributed by atoms with E-state index in [1.807, 2.05) is 0 Å². The van der Waals surface area contributed by atoms with Crippen molar-refractivity contribution in [1.29, 1.82) is 0 Å². The normalized spacial score (nSPS) is 11.5. The van der Waals surface area contributed by atoms with Crippen molar-refractivity contribution in [3.8, 4) is 11.5 Å². The molecular formula is C16H17N3O7S. The number of ether oxygens (including phenoxy) is 2. The van der Waals surface area contributed by atoms with Gasteiger partial charge < -0.3 is 19.9 Å². The number of aromatic nitrogens is 1. The summed E-state index contributed by atoms with van der Waals surface area (Å²) >= 11 is 0.995. The number of rotatable bonds is 8. The molecule has 0 bridgehead atoms. The number of thiazole rings is 1. The minimum Gasteiger partial charge on any atom is -0.490 e. The van der Waals surface area contributed by atoms with E-state index in [-0.39, 0.29) is 28.7 Å². The van der Waals surface area contributed by atoms with Crippen LogP contribution in [-0.2, 0) is 4.79 Å². The quantitative estimate of drug-likeness (QED) is 0.512. The first kappa shape index (κ1) is 20.1. The van der Waals surface area contributed by atoms with Gasteiger partial charge in [-0.25, -0.2) is 9.78 Å². The average molecular weight is 395 g/mol. The summed E-state index contributed by atoms with van der Waals surface area (Å²) in [6.45, 7) is 2.93. The second-order valence-electron chi connectivity index (χ2n) is 5.44. The zero-order valence-corrected chi connectivity index (χ0v) is 15.5. The van der Waals surface area contributed by atoms with Crippen LogP contribution in [0.1, 0.15) is 33.3 Å². The van der Waals surface area contributed by atoms with Gasteiger partial charge in [0.05, 0.1) is 23.8 Å². The van der Waals surface area contributed by atoms with Gasteiger partial charge in [-0.3, -0.25) is 14.9 Å². The van der Waals surface area contributed by atoms with Crippen molar-refractivity contribution in [2.75, 3.05) is 13.7 Å². The Labute approximate surface area is 157 Å². The molecule has 0 radical (unpaired) electrons. The van der Waals surface area contributed by atoms with Crippen LogP contribution in [0.2, 0.25) is 0 Å². The van der Waals surface area contributed by atoms with Crippen LogP contribution >= 0.6 is 11.3 Å². The number of nitro benzene ring substituents is 1. The number of carboxylic acids is 1. The smallest absolute Gasteiger partial charge is 0.347 e. The van der Waals surface area contributed by atoms with Crippen LogP contribution < -0.4 is 14.8 Å². The molecule has 1 aromatic carbocycles. The SMILES string of the molecule is COc1cc(OCC(=O)NC(C)c2nc(C)c(C(=O)O)s2)ccc1[N+](=O)[O-]. The molecular weight excluding hydrogens is 378 g/mol. The Kier molecular flexibility index (Phi) is 6.29. The fourth-order valence-corrected chi connectivity index (χ4v) is 3.10. The first-order valence-corrected chi connectivity index (χ1v) is 8.49. The summed E-state index contributed by atoms with van der Waals surface area (Å²) in [6.07, 6.45) is 0. The number of aromatic carboxylic acids is 1. The first-order chi connectivity index (χ1) is 12.7. The third-order valence-electron chi connectivity index (χ3n) is 3.47. The van der Waals surface area contributed by atoms with Crippen molar-refractivity contribution >= 4 is 28.9 Å². The molecule has 0 aliphatic rings. The summed E-state index contributed by atoms with van der Waals surface area (Å²) in [6, 6.07) is 3.41. The first-order valence-electron chi connectivity index (χ1n) is 7.68. The molecule has 1 atom stereocenters. The molecule has 0 fully saturated rings. The molecule has 11 heteroatoms. The maximum Gasteiger partial charge on any atom is 0.347 e. The topological polar surface area (TPSA) is 141 Å². The Balaban J connectivity index is 1.97. The van der Waals surface area contributed by atoms with E-state index in [0.717, 1.165) is 11.3 Å². The van der Waals surface area contributed by atoms with E-state index in [0.29, 0.717) is 10.7 Å². The number of hydrogen-bond acceptors (Lipinski definition) is 8. The number of carboxylic acid groups (broad SMARTS) is 1. The highest BCUT2D eigenvalue weighted by Crippen LogP contribution is 2.30. The Hall–Kier alpha value is -3.21. The number of carbonyl (C=O) groups excluding carboxylic acids is 1. The summed E-state index contributed by atoms with van der Waals surface area (Å²) in [5, 5.41) is 23.0. The number of amides is 1. The maximum atomic E-state index is 12.0. The number of carbonyl (C=O) groups is 2. The molecule has 0 saturated carbocycles. The Morgan fingerprint density at radius 3 is 2.70 bits per heavy atom. The fraction of sp³-hybridized carbons (Fsp3) is 0.312. The lowest BCUT2D eigenvalue weighted by atomic mass is 10.3. The number of hydrogen-bond donors (Lipinski definition) is 2. The molecule has 0 aliphatic carbocycles. The van der Waals surface area contributed by atoms with E-state index in [9.17, 15) is 19.7 Å². The Bertz CT molecular complexity index is 881. The summed E-state index contributed by atoms with van der Waals surface area (Å²) in [4.78, 5) is 37.7. The molecule has 2 N–H and O–H groups in total. The van der Waals surface area contributed by atoms with Gasteiger partial charge in [-0.1, -0.05) is 0 Å². The molecule has 1 unspecified atom stereocenters. The number of nitrogens with zero attached hydrogens (tertiary/aromatic N) is 2. The van der Waals surface area contributed by atoms with Crippen LogP contribution in [0, 0.1) is 17.0 Å². The summed E-state index contributed by atoms with van der Waals surface area (Å²) in [7, 11) is 1.29. The van der Waals surface area contributed by atoms with Crippen LogP contribution in [0.3, 0.4) is 0 Å². The van der Waals surface area contributed by atoms with Crippen LogP contribution in [0.15, 0.2) is 18.2 Å². The standard InChI is InChI=1S/C16H17N3O7S/c1-8-14(16(21)22)27-15(18-8)9(2)17-13(20)7-26-10-4-5-11(19(23)24)12(6-10)25-3/h4-6,9H,7H2,1-3H3,(H,17,20)(H,21,22). The maximum absolute atomic E-state index is 12.0. The van der Waals surface area contributed by atoms with Crippen molar-refractivity contribution in [3.63, 3.8) is 0 Å². The molecule has 10 nitrogen and oxygen atoms in total. The lowest BCUT2D eigenvalue weighted by Crippen LogP contribution is -2.31. The molecule has 1 heterocycles. The third-order valence-corrected chi connectivity index (χ3v) is 4.80. The van der Waals surface area contributed by atoms with Gasteiger partial charge in [0.15, 0.2) is 6.61 Å². The largest absolute Gasteiger partial charge is 0.490 e. The van der Waals surface area contributed by atoms with E-state index in [1.165, 1.54) is 25.3 Å². The Morgan fingerprint density at radius 2 is 2.15 bits per heavy atom. The second-order valence-corrected chi connectivity index (χ2v) is 6.47. The molecule has 1 aromatic heterocycles. The second kappa shape index (κ2) is 8.45. The highest BCUT2D eigenvalue weighted by molar-refractivity contribution is 7.13. The van der Waals surface area contributed by atoms with Crippen LogP contribution in [0.4, 0.5) is 5.69 Å². The number of methoxy groups -OCH3 is 1. The van der Waals surface area contributed by atoms with Crippen molar-refractivity contribution in [2.45, 2.75) is 19.9 Å². The third kappa shape index (κ3) is 4.91. The monoisotopic (exact) mass is 395 g/mol. The minimum absolute atomic E-state index is 0.0192. The number of benzene rings is 1. The highest BCUT2D eigenvalue weighted by atomic mass is 32.1. The molecule has 144 valence electrons. The van der Waals surface area contributed by atoms with Gasteiger partial charge in [0.2, 0.25) is 5.75 Å². The van der Waals surface area contributed by atoms with Crippen molar-refractivity contribution < 1.29 is 29.1 Å². The summed E-state index contributed by atoms with van der Waals surface area (Å²) < 4.78 is 10.3. The Morgan fingerprint density at radius 1 is 1.44 bits per heavy atom. The molecule has 0 aliphatic heterocycles. The van der Waals surface area contributed by atoms with E-state index >= 15 is 0 Å². The molecule has 0 spiro atoms. The van der Waals surface area contributed by atoms with E-state index in [1.54, 1.807) is 13.8 Å². The predicted octanol–water partition coefficient (Wildman–Crippen LogP) is 2.32. The zero-order chi connectivity index (χ0) is 20.1. The van der Waals surface area contributed by atoms with Crippen LogP contribution in [-0.4, -0.2) is 40.6 Å². The van der Waals surface area contributed by atoms with Gasteiger partial charge in [0.1, 0.15) is 15.6 Å². The molecule has 0 saturated heterocycles. The average Bonchev–Trinajstić information content (AvgIpc) is 3.01. The number of aryl methyl sites for hydroxylation is 1. The highest BCUT2D eigenvalue weighted by Gasteiger charge is 2.20. The molecule has 1 amide bonds. The van der Waals surface area contributed by atoms with Crippen LogP contribution in [0.5, 0.6) is 11.5 Å². The molecule has 2 aromatic rings. The van der Waals surface area contributed by atoms with Crippen LogP contribution in [0.25, 0.3) is 0 Å². The van der Waals surface area contributed by atoms with Gasteiger partial charge in [-0.05, 0) is 19.9 Å². The van der Waals surface area contributed by atoms with Crippen molar-refractivity contribution in [2.24, 2.45) is 0 Å². The summed E-state index contributed by atoms with van der Waals surface area (Å²) in [5.74, 6) is -1.26. The van der Waals surface area contributed by atoms with E-state index < -0.39 is 22.8 Å². The number of nitrogens with one attached hydrogen (secondary N) is 1. The van der Waals surface area contributed by atoms with Gasteiger partial charge in [-0.15, -0.1) is 11.3 Å². The lowest BCUT2D eigenvalue weighted by Gasteiger charge is -2.12. The molecule has 27 heavy (non-hydrogen) atoms. The van der Waals surface area contributed by atoms with Gasteiger partial charge >= 0.3 is 11.7 Å². The van der Waals surface area contributed by atoms with Crippen molar-refractivity contribution in [1.82, 2.24) is 10.3 Å². The van der Waals surface area contributed by atoms with E-state index in [4.69, 9.17) is 14.6 Å². The minimum atomic E-state index is -1.06. The van der Waals surface area contributed by atoms with E-state index in [2.05, 4.69) is 10.3 Å². The van der Waals surface area contributed by atoms with Gasteiger partial charge in [-0.2, -0.15) is 0 Å². The predicted molar refractivity (Wildman–Crippen MR) is 95.5 cm³/mol. The summed E-state index contributed by atoms with van der Waals surface area (Å²) in [5.41, 5.74) is 0.175. The van der Waals surface area contributed by atoms with Gasteiger partial charge in [0.25, 0.3) is 5.91 Å². The fourth-order valence-electron chi connectivity index (χ4n) is 2.19. The number of nitro groups is 1.